The molecule has 3 rings (SSSR count). The van der Waals surface area contributed by atoms with Crippen molar-refractivity contribution in [1.82, 2.24) is 10.2 Å². The molecule has 1 aliphatic rings. The fourth-order valence-electron chi connectivity index (χ4n) is 5.04. The molecule has 0 saturated carbocycles. The van der Waals surface area contributed by atoms with Crippen LogP contribution in [0.25, 0.3) is 0 Å². The van der Waals surface area contributed by atoms with Gasteiger partial charge in [0.05, 0.1) is 0 Å². The average molecular weight is 624 g/mol. The first-order valence-corrected chi connectivity index (χ1v) is 14.1. The van der Waals surface area contributed by atoms with E-state index in [1.54, 1.807) is 0 Å². The molecular weight excluding hydrogens is 588 g/mol. The average Bonchev–Trinajstić information content (AvgIpc) is 2.81. The normalized spacial score (nSPS) is 15.6. The van der Waals surface area contributed by atoms with Crippen LogP contribution in [0.15, 0.2) is 45.3 Å². The lowest BCUT2D eigenvalue weighted by Crippen LogP contribution is -2.55. The number of hydrogen-bond donors (Lipinski definition) is 2. The summed E-state index contributed by atoms with van der Waals surface area (Å²) in [6, 6.07) is 13.3. The Morgan fingerprint density at radius 3 is 2.17 bits per heavy atom. The van der Waals surface area contributed by atoms with Crippen molar-refractivity contribution in [2.75, 3.05) is 32.8 Å². The van der Waals surface area contributed by atoms with Crippen LogP contribution in [0.5, 0.6) is 0 Å². The van der Waals surface area contributed by atoms with E-state index in [4.69, 9.17) is 9.84 Å². The molecule has 0 unspecified atom stereocenters. The molecule has 196 valence electrons. The zero-order chi connectivity index (χ0) is 26.1. The second-order valence-electron chi connectivity index (χ2n) is 9.80. The Kier molecular flexibility index (Phi) is 11.0. The van der Waals surface area contributed by atoms with Crippen molar-refractivity contribution >= 4 is 43.7 Å². The number of benzene rings is 2. The van der Waals surface area contributed by atoms with Crippen molar-refractivity contribution < 1.29 is 19.4 Å². The second kappa shape index (κ2) is 13.7. The van der Waals surface area contributed by atoms with Crippen LogP contribution in [-0.2, 0) is 27.2 Å². The highest BCUT2D eigenvalue weighted by molar-refractivity contribution is 9.10. The van der Waals surface area contributed by atoms with Gasteiger partial charge in [0.1, 0.15) is 13.2 Å². The fraction of sp³-hybridized carbons (Fsp3) is 0.500. The number of aliphatic carboxylic acids is 1. The maximum absolute atomic E-state index is 12.0. The van der Waals surface area contributed by atoms with Gasteiger partial charge in [-0.2, -0.15) is 0 Å². The Hall–Kier alpha value is -1.74. The van der Waals surface area contributed by atoms with E-state index in [1.807, 2.05) is 0 Å². The summed E-state index contributed by atoms with van der Waals surface area (Å²) in [6.45, 7) is 5.97. The molecule has 2 aromatic rings. The van der Waals surface area contributed by atoms with Gasteiger partial charge in [-0.3, -0.25) is 9.69 Å². The molecule has 6 nitrogen and oxygen atoms in total. The molecule has 0 spiro atoms. The number of aryl methyl sites for hydroxylation is 2. The van der Waals surface area contributed by atoms with Crippen LogP contribution in [-0.4, -0.2) is 60.3 Å². The van der Waals surface area contributed by atoms with Gasteiger partial charge in [-0.25, -0.2) is 4.79 Å². The topological polar surface area (TPSA) is 78.9 Å². The Balaban J connectivity index is 1.74. The van der Waals surface area contributed by atoms with E-state index in [1.165, 1.54) is 35.1 Å². The lowest BCUT2D eigenvalue weighted by Gasteiger charge is -2.48. The number of hydrogen-bond acceptors (Lipinski definition) is 4. The summed E-state index contributed by atoms with van der Waals surface area (Å²) in [6.07, 6.45) is 6.19. The predicted octanol–water partition coefficient (Wildman–Crippen LogP) is 5.45. The van der Waals surface area contributed by atoms with Gasteiger partial charge in [-0.1, -0.05) is 62.5 Å². The summed E-state index contributed by atoms with van der Waals surface area (Å²) in [4.78, 5) is 25.1. The van der Waals surface area contributed by atoms with Crippen LogP contribution in [0.4, 0.5) is 0 Å². The van der Waals surface area contributed by atoms with Crippen molar-refractivity contribution in [2.45, 2.75) is 57.9 Å². The molecule has 1 aliphatic heterocycles. The smallest absolute Gasteiger partial charge is 0.329 e. The fourth-order valence-corrected chi connectivity index (χ4v) is 6.31. The van der Waals surface area contributed by atoms with E-state index >= 15 is 0 Å². The van der Waals surface area contributed by atoms with Gasteiger partial charge in [-0.05, 0) is 86.9 Å². The number of carbonyl (C=O) groups excluding carboxylic acids is 1. The van der Waals surface area contributed by atoms with Crippen molar-refractivity contribution in [3.8, 4) is 0 Å². The molecule has 36 heavy (non-hydrogen) atoms. The maximum Gasteiger partial charge on any atom is 0.329 e. The van der Waals surface area contributed by atoms with E-state index in [0.717, 1.165) is 47.7 Å². The first-order valence-electron chi connectivity index (χ1n) is 12.5. The van der Waals surface area contributed by atoms with Gasteiger partial charge in [0.25, 0.3) is 0 Å². The van der Waals surface area contributed by atoms with Crippen molar-refractivity contribution in [1.29, 1.82) is 0 Å². The van der Waals surface area contributed by atoms with Crippen molar-refractivity contribution in [3.05, 3.63) is 67.6 Å². The van der Waals surface area contributed by atoms with E-state index in [-0.39, 0.29) is 18.1 Å². The number of amides is 1. The molecule has 1 saturated heterocycles. The molecule has 2 aromatic carbocycles. The highest BCUT2D eigenvalue weighted by atomic mass is 79.9. The third-order valence-electron chi connectivity index (χ3n) is 6.83. The number of rotatable bonds is 12. The summed E-state index contributed by atoms with van der Waals surface area (Å²) < 4.78 is 7.19. The van der Waals surface area contributed by atoms with Crippen LogP contribution in [0.2, 0.25) is 0 Å². The van der Waals surface area contributed by atoms with Crippen LogP contribution in [0.3, 0.4) is 0 Å². The molecule has 0 atom stereocenters. The highest BCUT2D eigenvalue weighted by Crippen LogP contribution is 2.38. The number of nitrogens with one attached hydrogen (secondary N) is 1. The lowest BCUT2D eigenvalue weighted by atomic mass is 9.76. The SMILES string of the molecule is Cc1ccc(CC2(Cc3ccc(C)cc3Br)CCCCN2CCCNC(=O)COCC(=O)O)c(Br)c1. The van der Waals surface area contributed by atoms with Crippen LogP contribution in [0.1, 0.15) is 47.9 Å². The zero-order valence-electron chi connectivity index (χ0n) is 21.1. The van der Waals surface area contributed by atoms with E-state index in [9.17, 15) is 9.59 Å². The summed E-state index contributed by atoms with van der Waals surface area (Å²) in [5.74, 6) is -1.36. The minimum Gasteiger partial charge on any atom is -0.480 e. The predicted molar refractivity (Wildman–Crippen MR) is 149 cm³/mol. The molecular formula is C28H36Br2N2O4. The van der Waals surface area contributed by atoms with Gasteiger partial charge in [0.2, 0.25) is 5.91 Å². The Morgan fingerprint density at radius 1 is 1.00 bits per heavy atom. The molecule has 0 radical (unpaired) electrons. The summed E-state index contributed by atoms with van der Waals surface area (Å²) in [5.41, 5.74) is 5.09. The van der Waals surface area contributed by atoms with Crippen LogP contribution >= 0.6 is 31.9 Å². The van der Waals surface area contributed by atoms with Gasteiger partial charge >= 0.3 is 5.97 Å². The molecule has 1 heterocycles. The minimum absolute atomic E-state index is 0.0254. The molecule has 2 N–H and O–H groups in total. The maximum atomic E-state index is 12.0. The standard InChI is InChI=1S/C28H36Br2N2O4/c1-20-6-8-22(24(29)14-20)16-28(17-23-9-7-21(2)15-25(23)30)10-3-4-12-32(28)13-5-11-31-26(33)18-36-19-27(34)35/h6-9,14-15H,3-5,10-13,16-19H2,1-2H3,(H,31,33)(H,34,35). The molecule has 8 heteroatoms. The number of nitrogens with zero attached hydrogens (tertiary/aromatic N) is 1. The van der Waals surface area contributed by atoms with Gasteiger partial charge < -0.3 is 15.2 Å². The first-order chi connectivity index (χ1) is 17.2. The number of halogens is 2. The van der Waals surface area contributed by atoms with E-state index in [2.05, 4.69) is 92.3 Å². The third kappa shape index (κ3) is 8.40. The summed E-state index contributed by atoms with van der Waals surface area (Å²) in [5, 5.41) is 11.5. The number of carboxylic acids is 1. The number of piperidine rings is 1. The van der Waals surface area contributed by atoms with Crippen molar-refractivity contribution in [3.63, 3.8) is 0 Å². The molecule has 1 amide bonds. The van der Waals surface area contributed by atoms with Crippen LogP contribution in [0, 0.1) is 13.8 Å². The van der Waals surface area contributed by atoms with E-state index in [0.29, 0.717) is 6.54 Å². The quantitative estimate of drug-likeness (QED) is 0.308. The van der Waals surface area contributed by atoms with Gasteiger partial charge in [0, 0.05) is 27.6 Å². The molecule has 0 aromatic heterocycles. The summed E-state index contributed by atoms with van der Waals surface area (Å²) >= 11 is 7.63. The van der Waals surface area contributed by atoms with Crippen LogP contribution < -0.4 is 5.32 Å². The lowest BCUT2D eigenvalue weighted by molar-refractivity contribution is -0.143. The molecule has 1 fully saturated rings. The first kappa shape index (κ1) is 28.8. The number of likely N-dealkylation sites (tertiary alicyclic amines) is 1. The third-order valence-corrected chi connectivity index (χ3v) is 8.31. The second-order valence-corrected chi connectivity index (χ2v) is 11.5. The molecule has 0 bridgehead atoms. The minimum atomic E-state index is -1.08. The Bertz CT molecular complexity index is 1010. The van der Waals surface area contributed by atoms with Gasteiger partial charge in [0.15, 0.2) is 0 Å². The number of carboxylic acid groups (broad SMARTS) is 1. The number of carbonyl (C=O) groups is 2. The Labute approximate surface area is 231 Å². The summed E-state index contributed by atoms with van der Waals surface area (Å²) in [7, 11) is 0. The zero-order valence-corrected chi connectivity index (χ0v) is 24.3. The monoisotopic (exact) mass is 622 g/mol. The van der Waals surface area contributed by atoms with E-state index < -0.39 is 12.6 Å². The van der Waals surface area contributed by atoms with Gasteiger partial charge in [-0.15, -0.1) is 0 Å². The number of ether oxygens (including phenoxy) is 1. The molecule has 0 aliphatic carbocycles. The highest BCUT2D eigenvalue weighted by Gasteiger charge is 2.39. The van der Waals surface area contributed by atoms with Crippen molar-refractivity contribution in [2.24, 2.45) is 0 Å². The largest absolute Gasteiger partial charge is 0.480 e. The Morgan fingerprint density at radius 2 is 1.61 bits per heavy atom.